The summed E-state index contributed by atoms with van der Waals surface area (Å²) in [5.41, 5.74) is 12.3. The predicted octanol–water partition coefficient (Wildman–Crippen LogP) is 24.1. The second-order valence-electron chi connectivity index (χ2n) is 38.1. The van der Waals surface area contributed by atoms with Gasteiger partial charge in [-0.3, -0.25) is 43.9 Å². The highest BCUT2D eigenvalue weighted by Gasteiger charge is 2.43. The molecule has 6 aliphatic heterocycles. The van der Waals surface area contributed by atoms with Crippen molar-refractivity contribution >= 4 is 85.3 Å². The second-order valence-corrected chi connectivity index (χ2v) is 38.1. The zero-order valence-corrected chi connectivity index (χ0v) is 80.6. The molecule has 15 aromatic rings. The Balaban J connectivity index is 0.000000121. The Labute approximate surface area is 840 Å². The van der Waals surface area contributed by atoms with E-state index in [2.05, 4.69) is 49.8 Å². The monoisotopic (exact) mass is 2040 g/mol. The summed E-state index contributed by atoms with van der Waals surface area (Å²) < 4.78 is 207. The van der Waals surface area contributed by atoms with E-state index in [1.165, 1.54) is 30.3 Å². The van der Waals surface area contributed by atoms with Gasteiger partial charge in [-0.15, -0.1) is 0 Å². The molecule has 0 saturated carbocycles. The second kappa shape index (κ2) is 43.6. The third-order valence-electron chi connectivity index (χ3n) is 28.7. The largest absolute Gasteiger partial charge is 0.416 e. The lowest BCUT2D eigenvalue weighted by Gasteiger charge is -2.33. The number of morpholine rings is 1. The van der Waals surface area contributed by atoms with Gasteiger partial charge >= 0.3 is 30.9 Å². The molecule has 5 amide bonds. The third-order valence-corrected chi connectivity index (χ3v) is 28.7. The van der Waals surface area contributed by atoms with Crippen molar-refractivity contribution in [1.29, 1.82) is 0 Å². The lowest BCUT2D eigenvalue weighted by atomic mass is 9.86. The zero-order chi connectivity index (χ0) is 104. The van der Waals surface area contributed by atoms with E-state index < -0.39 is 58.7 Å². The molecule has 22 nitrogen and oxygen atoms in total. The molecule has 0 atom stereocenters. The van der Waals surface area contributed by atoms with Gasteiger partial charge in [-0.1, -0.05) is 103 Å². The van der Waals surface area contributed by atoms with Gasteiger partial charge in [0.15, 0.2) is 0 Å². The van der Waals surface area contributed by atoms with Gasteiger partial charge in [0.1, 0.15) is 22.8 Å². The fourth-order valence-electron chi connectivity index (χ4n) is 21.1. The average molecular weight is 2040 g/mol. The Hall–Kier alpha value is -14.9. The number of imidazole rings is 1. The highest BCUT2D eigenvalue weighted by Crippen LogP contribution is 2.46. The summed E-state index contributed by atoms with van der Waals surface area (Å²) in [6.07, 6.45) is -5.55. The first-order valence-corrected chi connectivity index (χ1v) is 49.2. The molecule has 1 aliphatic carbocycles. The number of anilines is 1. The number of hydrogen-bond donors (Lipinski definition) is 4. The van der Waals surface area contributed by atoms with Gasteiger partial charge in [0.05, 0.1) is 98.0 Å². The van der Waals surface area contributed by atoms with Crippen LogP contribution in [-0.2, 0) is 46.8 Å². The molecular weight excluding hydrogens is 1940 g/mol. The first kappa shape index (κ1) is 103. The minimum Gasteiger partial charge on any atom is -0.378 e. The average Bonchev–Trinajstić information content (AvgIpc) is 1.35. The lowest BCUT2D eigenvalue weighted by Crippen LogP contribution is -2.39. The van der Waals surface area contributed by atoms with Crippen LogP contribution in [0, 0.1) is 13.8 Å². The number of ether oxygens (including phenoxy) is 1. The molecule has 6 saturated heterocycles. The molecule has 4 N–H and O–H groups in total. The van der Waals surface area contributed by atoms with Gasteiger partial charge in [-0.25, -0.2) is 4.98 Å². The van der Waals surface area contributed by atoms with Gasteiger partial charge in [0.2, 0.25) is 5.91 Å². The van der Waals surface area contributed by atoms with Gasteiger partial charge < -0.3 is 58.6 Å². The Bertz CT molecular complexity index is 7150. The van der Waals surface area contributed by atoms with Crippen molar-refractivity contribution in [2.75, 3.05) is 96.7 Å². The number of hydrogen-bond acceptors (Lipinski definition) is 12. The molecule has 0 unspecified atom stereocenters. The molecule has 148 heavy (non-hydrogen) atoms. The number of aryl methyl sites for hydroxylation is 2. The molecule has 22 rings (SSSR count). The number of nitrogens with zero attached hydrogens (tertiary/aromatic N) is 12. The number of likely N-dealkylation sites (tertiary alicyclic amines) is 5. The smallest absolute Gasteiger partial charge is 0.378 e. The van der Waals surface area contributed by atoms with Crippen molar-refractivity contribution in [2.45, 2.75) is 145 Å². The number of piperidine rings is 5. The van der Waals surface area contributed by atoms with E-state index in [0.717, 1.165) is 116 Å². The normalized spacial score (nSPS) is 16.6. The summed E-state index contributed by atoms with van der Waals surface area (Å²) in [6, 6.07) is 54.9. The molecule has 37 heteroatoms. The van der Waals surface area contributed by atoms with Crippen LogP contribution in [-0.4, -0.2) is 195 Å². The molecule has 0 bridgehead atoms. The van der Waals surface area contributed by atoms with Crippen LogP contribution in [0.4, 0.5) is 71.5 Å². The summed E-state index contributed by atoms with van der Waals surface area (Å²) in [5, 5.41) is 0.922. The minimum absolute atomic E-state index is 0.0319. The number of amides is 5. The van der Waals surface area contributed by atoms with Crippen molar-refractivity contribution in [1.82, 2.24) is 73.9 Å². The first-order valence-electron chi connectivity index (χ1n) is 49.2. The summed E-state index contributed by atoms with van der Waals surface area (Å²) in [5.74, 6) is -1.60. The number of aromatic amines is 4. The van der Waals surface area contributed by atoms with Crippen LogP contribution >= 0.6 is 0 Å². The highest BCUT2D eigenvalue weighted by atomic mass is 19.4. The third kappa shape index (κ3) is 23.7. The molecule has 770 valence electrons. The van der Waals surface area contributed by atoms with Crippen LogP contribution in [0.25, 0.3) is 55.8 Å². The molecule has 0 radical (unpaired) electrons. The van der Waals surface area contributed by atoms with Crippen LogP contribution in [0.2, 0.25) is 0 Å². The molecule has 9 aromatic heterocycles. The summed E-state index contributed by atoms with van der Waals surface area (Å²) in [6.45, 7) is 11.0. The molecular formula is C111H105F15N16O6. The van der Waals surface area contributed by atoms with E-state index >= 15 is 0 Å². The fourth-order valence-corrected chi connectivity index (χ4v) is 21.1. The summed E-state index contributed by atoms with van der Waals surface area (Å²) in [4.78, 5) is 109. The van der Waals surface area contributed by atoms with E-state index in [-0.39, 0.29) is 59.1 Å². The summed E-state index contributed by atoms with van der Waals surface area (Å²) >= 11 is 0. The number of benzene rings is 6. The molecule has 7 aliphatic rings. The summed E-state index contributed by atoms with van der Waals surface area (Å²) in [7, 11) is 0. The molecule has 15 heterocycles. The number of alkyl halides is 15. The van der Waals surface area contributed by atoms with Crippen LogP contribution in [0.3, 0.4) is 0 Å². The van der Waals surface area contributed by atoms with Crippen LogP contribution in [0.5, 0.6) is 0 Å². The van der Waals surface area contributed by atoms with Gasteiger partial charge in [0, 0.05) is 137 Å². The van der Waals surface area contributed by atoms with E-state index in [9.17, 15) is 89.8 Å². The van der Waals surface area contributed by atoms with E-state index in [4.69, 9.17) is 4.74 Å². The maximum atomic E-state index is 13.4. The van der Waals surface area contributed by atoms with Crippen molar-refractivity contribution < 1.29 is 94.6 Å². The number of aromatic nitrogens is 10. The standard InChI is InChI=1S/C24H25F3N4O2.C24H21F3N4O.2C21H20F3N3O.C21H19F3N2O/c25-24(26,27)19-4-2-1-3-18(19)16-5-7-31(8-6-16)23(32)22-14-20-21(29-22)13-17(15-28-20)30-9-11-33-12-10-30;25-24(26,27)20-4-2-1-3-19(20)16-7-10-30(11-8-16)23(32)22-13-17-5-6-18(14-21(17)29-22)31-12-9-28-15-31;2*1-13-6-7-17-18(25-13)12-19(26-17)20(28)27-10-8-14(9-11-27)15-4-2-3-5-16(15)21(22,23)24;22-21(23,24)18-6-2-1-5-17(18)14-7-10-26(11-8-14)20(27)16-12-15-4-3-9-25-19(15)13-16/h1-4,13-16,29H,5-12H2;1-6,9,12-16,29H,7-8,10-11H2;2*2-7,12,14,26H,8-11H2,1H3;1-6,9,13-14H,7-8,10-12H2. The Morgan fingerprint density at radius 2 is 0.682 bits per heavy atom. The number of H-pyrrole nitrogens is 4. The van der Waals surface area contributed by atoms with Crippen molar-refractivity contribution in [3.05, 3.63) is 344 Å². The SMILES string of the molecule is Cc1ccc2[nH]c(C(=O)N3CCC(c4ccccc4C(F)(F)F)CC3)cc2n1.Cc1ccc2[nH]c(C(=O)N3CCC(c4ccccc4C(F)(F)F)CC3)cc2n1.O=C(C1=Cc2ncccc2C1)N1CCC(c2ccccc2C(F)(F)F)CC1.O=C(c1cc2ccc(-n3ccnc3)cc2[nH]1)N1CCC(c2ccccc2C(F)(F)F)CC1.O=C(c1cc2ncc(N3CCOCC3)cc2[nH]1)N1CCC(c2ccccc2C(F)(F)F)CC1. The maximum absolute atomic E-state index is 13.4. The van der Waals surface area contributed by atoms with Crippen molar-refractivity contribution in [3.8, 4) is 5.69 Å². The predicted molar refractivity (Wildman–Crippen MR) is 529 cm³/mol. The van der Waals surface area contributed by atoms with Crippen LogP contribution in [0.15, 0.2) is 243 Å². The van der Waals surface area contributed by atoms with E-state index in [0.29, 0.717) is 211 Å². The lowest BCUT2D eigenvalue weighted by molar-refractivity contribution is -0.139. The quantitative estimate of drug-likeness (QED) is 0.0834. The number of halogens is 15. The first-order chi connectivity index (χ1) is 70.9. The highest BCUT2D eigenvalue weighted by molar-refractivity contribution is 6.02. The number of carbonyl (C=O) groups excluding carboxylic acids is 5. The molecule has 6 fully saturated rings. The number of carbonyl (C=O) groups is 5. The zero-order valence-electron chi connectivity index (χ0n) is 80.6. The Morgan fingerprint density at radius 1 is 0.338 bits per heavy atom. The molecule has 6 aromatic carbocycles. The maximum Gasteiger partial charge on any atom is 0.416 e. The minimum atomic E-state index is -4.37. The Morgan fingerprint density at radius 3 is 1.05 bits per heavy atom. The van der Waals surface area contributed by atoms with Crippen molar-refractivity contribution in [3.63, 3.8) is 0 Å². The number of pyridine rings is 4. The van der Waals surface area contributed by atoms with E-state index in [1.54, 1.807) is 128 Å². The number of nitrogens with one attached hydrogen (secondary N) is 4. The number of rotatable bonds is 12. The fraction of sp³-hybridized carbons (Fsp3) is 0.333. The molecule has 0 spiro atoms. The van der Waals surface area contributed by atoms with Gasteiger partial charge in [-0.05, 0) is 250 Å². The topological polar surface area (TPSA) is 247 Å². The van der Waals surface area contributed by atoms with Crippen molar-refractivity contribution in [2.24, 2.45) is 0 Å². The van der Waals surface area contributed by atoms with Gasteiger partial charge in [0.25, 0.3) is 23.6 Å². The van der Waals surface area contributed by atoms with E-state index in [1.807, 2.05) is 97.4 Å². The number of fused-ring (bicyclic) bond motifs is 5. The van der Waals surface area contributed by atoms with Gasteiger partial charge in [-0.2, -0.15) is 65.9 Å². The van der Waals surface area contributed by atoms with Crippen LogP contribution < -0.4 is 4.90 Å². The Kier molecular flexibility index (Phi) is 30.4. The van der Waals surface area contributed by atoms with Crippen LogP contribution in [0.1, 0.15) is 214 Å².